The maximum atomic E-state index is 12.3. The number of amides is 1. The lowest BCUT2D eigenvalue weighted by Gasteiger charge is -2.34. The fourth-order valence-corrected chi connectivity index (χ4v) is 2.93. The van der Waals surface area contributed by atoms with E-state index in [1.54, 1.807) is 0 Å². The second kappa shape index (κ2) is 6.23. The minimum atomic E-state index is 0.0774. The number of carbonyl (C=O) groups excluding carboxylic acids is 1. The van der Waals surface area contributed by atoms with Gasteiger partial charge in [-0.1, -0.05) is 45.7 Å². The zero-order valence-electron chi connectivity index (χ0n) is 12.3. The number of hydrogen-bond donors (Lipinski definition) is 1. The van der Waals surface area contributed by atoms with Crippen LogP contribution in [0.5, 0.6) is 0 Å². The van der Waals surface area contributed by atoms with E-state index in [4.69, 9.17) is 0 Å². The summed E-state index contributed by atoms with van der Waals surface area (Å²) in [6.45, 7) is 6.67. The third-order valence-corrected chi connectivity index (χ3v) is 4.65. The Morgan fingerprint density at radius 1 is 1.21 bits per heavy atom. The Kier molecular flexibility index (Phi) is 4.62. The highest BCUT2D eigenvalue weighted by Crippen LogP contribution is 2.29. The Morgan fingerprint density at radius 2 is 1.89 bits per heavy atom. The van der Waals surface area contributed by atoms with Gasteiger partial charge in [0.05, 0.1) is 0 Å². The first kappa shape index (κ1) is 14.1. The lowest BCUT2D eigenvalue weighted by molar-refractivity contribution is 0.0891. The van der Waals surface area contributed by atoms with E-state index in [1.165, 1.54) is 18.4 Å². The second-order valence-corrected chi connectivity index (χ2v) is 5.90. The van der Waals surface area contributed by atoms with Crippen LogP contribution in [-0.4, -0.2) is 11.9 Å². The fraction of sp³-hybridized carbons (Fsp3) is 0.588. The van der Waals surface area contributed by atoms with E-state index in [9.17, 15) is 4.79 Å². The van der Waals surface area contributed by atoms with E-state index in [2.05, 4.69) is 26.1 Å². The quantitative estimate of drug-likeness (QED) is 0.879. The van der Waals surface area contributed by atoms with Gasteiger partial charge >= 0.3 is 0 Å². The molecule has 2 rings (SSSR count). The molecule has 0 bridgehead atoms. The zero-order chi connectivity index (χ0) is 13.8. The number of benzene rings is 1. The van der Waals surface area contributed by atoms with E-state index in [0.29, 0.717) is 17.9 Å². The Labute approximate surface area is 116 Å². The standard InChI is InChI=1S/C17H25NO/c1-4-14-8-10-15(11-9-14)17(19)18-16-7-5-6-12(2)13(16)3/h8-13,16H,4-7H2,1-3H3,(H,18,19)/t12-,13-,16-/m0/s1. The molecule has 2 heteroatoms. The van der Waals surface area contributed by atoms with Crippen molar-refractivity contribution in [1.82, 2.24) is 5.32 Å². The van der Waals surface area contributed by atoms with Crippen LogP contribution in [-0.2, 0) is 6.42 Å². The molecule has 0 heterocycles. The summed E-state index contributed by atoms with van der Waals surface area (Å²) in [7, 11) is 0. The van der Waals surface area contributed by atoms with Crippen molar-refractivity contribution in [2.45, 2.75) is 52.5 Å². The first-order valence-corrected chi connectivity index (χ1v) is 7.51. The number of aryl methyl sites for hydroxylation is 1. The average molecular weight is 259 g/mol. The molecule has 0 radical (unpaired) electrons. The van der Waals surface area contributed by atoms with Gasteiger partial charge in [-0.3, -0.25) is 4.79 Å². The maximum absolute atomic E-state index is 12.3. The fourth-order valence-electron chi connectivity index (χ4n) is 2.93. The van der Waals surface area contributed by atoms with Crippen LogP contribution in [0.15, 0.2) is 24.3 Å². The van der Waals surface area contributed by atoms with Gasteiger partial charge in [-0.05, 0) is 42.4 Å². The second-order valence-electron chi connectivity index (χ2n) is 5.90. The van der Waals surface area contributed by atoms with Crippen LogP contribution in [0.2, 0.25) is 0 Å². The number of rotatable bonds is 3. The minimum absolute atomic E-state index is 0.0774. The molecule has 1 N–H and O–H groups in total. The van der Waals surface area contributed by atoms with E-state index < -0.39 is 0 Å². The normalized spacial score (nSPS) is 27.0. The third-order valence-electron chi connectivity index (χ3n) is 4.65. The van der Waals surface area contributed by atoms with Crippen molar-refractivity contribution in [2.24, 2.45) is 11.8 Å². The average Bonchev–Trinajstić information content (AvgIpc) is 2.44. The molecule has 1 aliphatic carbocycles. The molecule has 0 aliphatic heterocycles. The van der Waals surface area contributed by atoms with Crippen molar-refractivity contribution in [1.29, 1.82) is 0 Å². The SMILES string of the molecule is CCc1ccc(C(=O)N[C@H]2CCC[C@H](C)[C@@H]2C)cc1. The largest absolute Gasteiger partial charge is 0.349 e. The molecule has 0 spiro atoms. The van der Waals surface area contributed by atoms with Gasteiger partial charge in [-0.25, -0.2) is 0 Å². The predicted molar refractivity (Wildman–Crippen MR) is 79.3 cm³/mol. The summed E-state index contributed by atoms with van der Waals surface area (Å²) in [5.74, 6) is 1.36. The lowest BCUT2D eigenvalue weighted by atomic mass is 9.78. The van der Waals surface area contributed by atoms with Gasteiger partial charge in [-0.15, -0.1) is 0 Å². The van der Waals surface area contributed by atoms with Crippen LogP contribution in [0.25, 0.3) is 0 Å². The van der Waals surface area contributed by atoms with Gasteiger partial charge in [0.2, 0.25) is 0 Å². The van der Waals surface area contributed by atoms with Gasteiger partial charge in [0, 0.05) is 11.6 Å². The summed E-state index contributed by atoms with van der Waals surface area (Å²) in [4.78, 5) is 12.3. The first-order valence-electron chi connectivity index (χ1n) is 7.51. The molecule has 1 aromatic carbocycles. The Bertz CT molecular complexity index is 423. The van der Waals surface area contributed by atoms with Crippen LogP contribution in [0.4, 0.5) is 0 Å². The van der Waals surface area contributed by atoms with E-state index in [0.717, 1.165) is 18.4 Å². The van der Waals surface area contributed by atoms with Crippen LogP contribution >= 0.6 is 0 Å². The molecule has 19 heavy (non-hydrogen) atoms. The first-order chi connectivity index (χ1) is 9.11. The van der Waals surface area contributed by atoms with Gasteiger partial charge in [0.25, 0.3) is 5.91 Å². The highest BCUT2D eigenvalue weighted by atomic mass is 16.1. The van der Waals surface area contributed by atoms with Crippen molar-refractivity contribution in [3.63, 3.8) is 0 Å². The van der Waals surface area contributed by atoms with Crippen molar-refractivity contribution < 1.29 is 4.79 Å². The van der Waals surface area contributed by atoms with Crippen LogP contribution in [0, 0.1) is 11.8 Å². The summed E-state index contributed by atoms with van der Waals surface area (Å²) in [5, 5.41) is 3.21. The lowest BCUT2D eigenvalue weighted by Crippen LogP contribution is -2.43. The molecule has 3 atom stereocenters. The third kappa shape index (κ3) is 3.37. The van der Waals surface area contributed by atoms with Crippen LogP contribution in [0.1, 0.15) is 56.0 Å². The minimum Gasteiger partial charge on any atom is -0.349 e. The van der Waals surface area contributed by atoms with E-state index in [-0.39, 0.29) is 5.91 Å². The zero-order valence-corrected chi connectivity index (χ0v) is 12.3. The highest BCUT2D eigenvalue weighted by Gasteiger charge is 2.28. The van der Waals surface area contributed by atoms with E-state index >= 15 is 0 Å². The van der Waals surface area contributed by atoms with Crippen molar-refractivity contribution in [3.05, 3.63) is 35.4 Å². The smallest absolute Gasteiger partial charge is 0.251 e. The molecule has 2 nitrogen and oxygen atoms in total. The Balaban J connectivity index is 1.99. The number of hydrogen-bond acceptors (Lipinski definition) is 1. The molecule has 1 saturated carbocycles. The number of nitrogens with one attached hydrogen (secondary N) is 1. The Morgan fingerprint density at radius 3 is 2.53 bits per heavy atom. The summed E-state index contributed by atoms with van der Waals surface area (Å²) in [6.07, 6.45) is 4.65. The van der Waals surface area contributed by atoms with Gasteiger partial charge < -0.3 is 5.32 Å². The summed E-state index contributed by atoms with van der Waals surface area (Å²) in [5.41, 5.74) is 2.05. The predicted octanol–water partition coefficient (Wildman–Crippen LogP) is 3.80. The summed E-state index contributed by atoms with van der Waals surface area (Å²) >= 11 is 0. The molecule has 0 saturated heterocycles. The maximum Gasteiger partial charge on any atom is 0.251 e. The number of carbonyl (C=O) groups is 1. The molecule has 1 fully saturated rings. The van der Waals surface area contributed by atoms with Crippen molar-refractivity contribution in [2.75, 3.05) is 0 Å². The molecule has 1 aliphatic rings. The molecule has 1 amide bonds. The van der Waals surface area contributed by atoms with E-state index in [1.807, 2.05) is 24.3 Å². The highest BCUT2D eigenvalue weighted by molar-refractivity contribution is 5.94. The topological polar surface area (TPSA) is 29.1 Å². The summed E-state index contributed by atoms with van der Waals surface area (Å²) < 4.78 is 0. The van der Waals surface area contributed by atoms with Crippen LogP contribution < -0.4 is 5.32 Å². The molecule has 0 unspecified atom stereocenters. The molecule has 104 valence electrons. The Hall–Kier alpha value is -1.31. The van der Waals surface area contributed by atoms with Crippen molar-refractivity contribution in [3.8, 4) is 0 Å². The molecule has 0 aromatic heterocycles. The monoisotopic (exact) mass is 259 g/mol. The van der Waals surface area contributed by atoms with Gasteiger partial charge in [-0.2, -0.15) is 0 Å². The molecular formula is C17H25NO. The van der Waals surface area contributed by atoms with Crippen molar-refractivity contribution >= 4 is 5.91 Å². The van der Waals surface area contributed by atoms with Gasteiger partial charge in [0.15, 0.2) is 0 Å². The molecular weight excluding hydrogens is 234 g/mol. The van der Waals surface area contributed by atoms with Gasteiger partial charge in [0.1, 0.15) is 0 Å². The molecule has 1 aromatic rings. The van der Waals surface area contributed by atoms with Crippen LogP contribution in [0.3, 0.4) is 0 Å². The summed E-state index contributed by atoms with van der Waals surface area (Å²) in [6, 6.07) is 8.29.